The first-order valence-corrected chi connectivity index (χ1v) is 8.87. The first-order valence-electron chi connectivity index (χ1n) is 8.05. The number of hydrogen-bond acceptors (Lipinski definition) is 4. The van der Waals surface area contributed by atoms with Gasteiger partial charge in [-0.1, -0.05) is 0 Å². The van der Waals surface area contributed by atoms with E-state index in [4.69, 9.17) is 0 Å². The van der Waals surface area contributed by atoms with Gasteiger partial charge in [-0.2, -0.15) is 4.39 Å². The third-order valence-corrected chi connectivity index (χ3v) is 5.55. The first kappa shape index (κ1) is 15.4. The van der Waals surface area contributed by atoms with Crippen LogP contribution in [0, 0.1) is 11.8 Å². The molecule has 26 heavy (non-hydrogen) atoms. The molecule has 0 atom stereocenters. The third kappa shape index (κ3) is 2.15. The Morgan fingerprint density at radius 3 is 2.69 bits per heavy atom. The van der Waals surface area contributed by atoms with Crippen molar-refractivity contribution in [1.82, 2.24) is 13.9 Å². The van der Waals surface area contributed by atoms with Crippen LogP contribution in [-0.4, -0.2) is 13.9 Å². The second-order valence-electron chi connectivity index (χ2n) is 6.36. The summed E-state index contributed by atoms with van der Waals surface area (Å²) < 4.78 is 32.3. The highest BCUT2D eigenvalue weighted by molar-refractivity contribution is 7.12. The van der Waals surface area contributed by atoms with E-state index in [9.17, 15) is 18.4 Å². The SMILES string of the molecule is O=c1[nH]sc2c1c(=O)c1cc(F)c(-c3ccc(F)nc3)cc1n2C1CC1. The van der Waals surface area contributed by atoms with Gasteiger partial charge in [0.2, 0.25) is 11.4 Å². The zero-order chi connectivity index (χ0) is 18.0. The van der Waals surface area contributed by atoms with Crippen LogP contribution >= 0.6 is 11.5 Å². The number of aromatic nitrogens is 3. The molecule has 0 aliphatic heterocycles. The molecule has 0 unspecified atom stereocenters. The molecule has 4 aromatic rings. The number of benzene rings is 1. The molecule has 3 aromatic heterocycles. The number of hydrogen-bond donors (Lipinski definition) is 1. The van der Waals surface area contributed by atoms with Gasteiger partial charge in [0.05, 0.1) is 5.52 Å². The quantitative estimate of drug-likeness (QED) is 0.548. The third-order valence-electron chi connectivity index (χ3n) is 4.67. The van der Waals surface area contributed by atoms with E-state index in [1.807, 2.05) is 4.57 Å². The molecule has 0 spiro atoms. The van der Waals surface area contributed by atoms with Crippen LogP contribution in [0.5, 0.6) is 0 Å². The molecule has 1 aromatic carbocycles. The maximum absolute atomic E-state index is 14.7. The highest BCUT2D eigenvalue weighted by atomic mass is 32.1. The van der Waals surface area contributed by atoms with Crippen molar-refractivity contribution in [3.05, 3.63) is 62.8 Å². The van der Waals surface area contributed by atoms with E-state index >= 15 is 0 Å². The zero-order valence-electron chi connectivity index (χ0n) is 13.3. The minimum absolute atomic E-state index is 0.0741. The maximum Gasteiger partial charge on any atom is 0.271 e. The second kappa shape index (κ2) is 5.31. The summed E-state index contributed by atoms with van der Waals surface area (Å²) in [5, 5.41) is 0.245. The van der Waals surface area contributed by atoms with Crippen LogP contribution in [0.15, 0.2) is 40.1 Å². The lowest BCUT2D eigenvalue weighted by atomic mass is 10.0. The minimum Gasteiger partial charge on any atom is -0.328 e. The lowest BCUT2D eigenvalue weighted by molar-refractivity contribution is 0.583. The van der Waals surface area contributed by atoms with Gasteiger partial charge in [0.15, 0.2) is 0 Å². The Balaban J connectivity index is 1.92. The Bertz CT molecular complexity index is 1300. The van der Waals surface area contributed by atoms with Gasteiger partial charge in [0.1, 0.15) is 16.0 Å². The standard InChI is InChI=1S/C18H11F2N3O2S/c19-12-5-11-13(6-10(12)8-1-4-14(20)21-7-8)23(9-2-3-9)18-15(16(11)24)17(25)22-26-18/h1,4-7,9H,2-3H2,(H,22,25). The largest absolute Gasteiger partial charge is 0.328 e. The Hall–Kier alpha value is -2.87. The molecule has 1 N–H and O–H groups in total. The van der Waals surface area contributed by atoms with Crippen molar-refractivity contribution in [3.8, 4) is 11.1 Å². The Labute approximate surface area is 148 Å². The predicted octanol–water partition coefficient (Wildman–Crippen LogP) is 3.58. The fourth-order valence-electron chi connectivity index (χ4n) is 3.30. The van der Waals surface area contributed by atoms with Crippen LogP contribution in [0.4, 0.5) is 8.78 Å². The summed E-state index contributed by atoms with van der Waals surface area (Å²) in [6.45, 7) is 0. The molecule has 0 bridgehead atoms. The van der Waals surface area contributed by atoms with Gasteiger partial charge in [-0.3, -0.25) is 14.0 Å². The van der Waals surface area contributed by atoms with Crippen molar-refractivity contribution in [2.24, 2.45) is 0 Å². The molecule has 0 amide bonds. The number of pyridine rings is 2. The lowest BCUT2D eigenvalue weighted by Crippen LogP contribution is -2.15. The van der Waals surface area contributed by atoms with Gasteiger partial charge in [-0.05, 0) is 48.6 Å². The second-order valence-corrected chi connectivity index (χ2v) is 7.16. The van der Waals surface area contributed by atoms with Crippen LogP contribution in [0.2, 0.25) is 0 Å². The summed E-state index contributed by atoms with van der Waals surface area (Å²) in [5.74, 6) is -1.26. The van der Waals surface area contributed by atoms with Crippen molar-refractivity contribution in [2.45, 2.75) is 18.9 Å². The predicted molar refractivity (Wildman–Crippen MR) is 95.6 cm³/mol. The summed E-state index contributed by atoms with van der Waals surface area (Å²) in [6.07, 6.45) is 3.13. The molecule has 1 aliphatic carbocycles. The summed E-state index contributed by atoms with van der Waals surface area (Å²) in [5.41, 5.74) is 0.306. The number of fused-ring (bicyclic) bond motifs is 2. The van der Waals surface area contributed by atoms with Crippen molar-refractivity contribution in [1.29, 1.82) is 0 Å². The highest BCUT2D eigenvalue weighted by Crippen LogP contribution is 2.40. The molecule has 0 saturated heterocycles. The van der Waals surface area contributed by atoms with Gasteiger partial charge in [-0.25, -0.2) is 9.37 Å². The highest BCUT2D eigenvalue weighted by Gasteiger charge is 2.29. The van der Waals surface area contributed by atoms with E-state index in [1.165, 1.54) is 12.3 Å². The first-order chi connectivity index (χ1) is 12.5. The van der Waals surface area contributed by atoms with E-state index in [0.717, 1.165) is 36.5 Å². The number of nitrogens with one attached hydrogen (secondary N) is 1. The molecule has 130 valence electrons. The van der Waals surface area contributed by atoms with Gasteiger partial charge >= 0.3 is 0 Å². The molecule has 1 aliphatic rings. The number of halogens is 2. The van der Waals surface area contributed by atoms with Crippen molar-refractivity contribution in [3.63, 3.8) is 0 Å². The van der Waals surface area contributed by atoms with Gasteiger partial charge < -0.3 is 4.57 Å². The van der Waals surface area contributed by atoms with Gasteiger partial charge in [0, 0.05) is 28.8 Å². The monoisotopic (exact) mass is 371 g/mol. The summed E-state index contributed by atoms with van der Waals surface area (Å²) in [4.78, 5) is 28.9. The average Bonchev–Trinajstić information content (AvgIpc) is 3.39. The summed E-state index contributed by atoms with van der Waals surface area (Å²) in [7, 11) is 0. The maximum atomic E-state index is 14.7. The van der Waals surface area contributed by atoms with E-state index in [-0.39, 0.29) is 22.4 Å². The molecule has 0 radical (unpaired) electrons. The fourth-order valence-corrected chi connectivity index (χ4v) is 4.23. The summed E-state index contributed by atoms with van der Waals surface area (Å²) >= 11 is 1.12. The lowest BCUT2D eigenvalue weighted by Gasteiger charge is -2.13. The number of rotatable bonds is 2. The van der Waals surface area contributed by atoms with E-state index in [0.29, 0.717) is 15.9 Å². The fraction of sp³-hybridized carbons (Fsp3) is 0.167. The molecule has 1 saturated carbocycles. The molecule has 8 heteroatoms. The molecule has 5 nitrogen and oxygen atoms in total. The van der Waals surface area contributed by atoms with Crippen molar-refractivity contribution >= 4 is 32.7 Å². The van der Waals surface area contributed by atoms with Gasteiger partial charge in [0.25, 0.3) is 5.56 Å². The zero-order valence-corrected chi connectivity index (χ0v) is 14.1. The summed E-state index contributed by atoms with van der Waals surface area (Å²) in [6, 6.07) is 5.53. The van der Waals surface area contributed by atoms with E-state index in [2.05, 4.69) is 9.36 Å². The topological polar surface area (TPSA) is 67.8 Å². The number of aromatic amines is 1. The minimum atomic E-state index is -0.649. The average molecular weight is 371 g/mol. The molecule has 1 fully saturated rings. The van der Waals surface area contributed by atoms with Gasteiger partial charge in [-0.15, -0.1) is 0 Å². The number of nitrogens with zero attached hydrogens (tertiary/aromatic N) is 2. The van der Waals surface area contributed by atoms with Crippen LogP contribution in [-0.2, 0) is 0 Å². The van der Waals surface area contributed by atoms with Crippen LogP contribution in [0.1, 0.15) is 18.9 Å². The molecule has 5 rings (SSSR count). The molecule has 3 heterocycles. The normalized spacial score (nSPS) is 14.4. The molecular formula is C18H11F2N3O2S. The number of H-pyrrole nitrogens is 1. The van der Waals surface area contributed by atoms with Crippen LogP contribution < -0.4 is 11.0 Å². The smallest absolute Gasteiger partial charge is 0.271 e. The van der Waals surface area contributed by atoms with E-state index in [1.54, 1.807) is 6.07 Å². The van der Waals surface area contributed by atoms with E-state index < -0.39 is 22.8 Å². The van der Waals surface area contributed by atoms with Crippen molar-refractivity contribution in [2.75, 3.05) is 0 Å². The van der Waals surface area contributed by atoms with Crippen LogP contribution in [0.3, 0.4) is 0 Å². The van der Waals surface area contributed by atoms with Crippen molar-refractivity contribution < 1.29 is 8.78 Å². The Kier molecular flexibility index (Phi) is 3.14. The molecular weight excluding hydrogens is 360 g/mol. The Morgan fingerprint density at radius 1 is 1.19 bits per heavy atom. The Morgan fingerprint density at radius 2 is 2.00 bits per heavy atom. The van der Waals surface area contributed by atoms with Crippen LogP contribution in [0.25, 0.3) is 32.2 Å².